The quantitative estimate of drug-likeness (QED) is 0.308. The van der Waals surface area contributed by atoms with Gasteiger partial charge in [-0.25, -0.2) is 9.36 Å². The largest absolute Gasteiger partial charge is 0.472 e. The Morgan fingerprint density at radius 1 is 1.20 bits per heavy atom. The van der Waals surface area contributed by atoms with Crippen LogP contribution in [-0.2, 0) is 24.8 Å². The molecule has 3 N–H and O–H groups in total. The van der Waals surface area contributed by atoms with Crippen LogP contribution in [0.5, 0.6) is 0 Å². The maximum Gasteiger partial charge on any atom is 0.472 e. The standard InChI is InChI=1S/C19H33N2O8P/c1-3-5-6-7-8-9-10-27-30(25,26)28-13-16-15(22)11-17(29-16)21-12-14(4-2)18(23)20-19(21)24/h12,15-17,22H,3-11,13H2,1-2H3,(H,25,26)(H,20,23,24)/t15-,16+,17+/m0/s1. The van der Waals surface area contributed by atoms with E-state index < -0.39 is 37.5 Å². The summed E-state index contributed by atoms with van der Waals surface area (Å²) in [5.41, 5.74) is -0.692. The number of H-pyrrole nitrogens is 1. The third-order valence-electron chi connectivity index (χ3n) is 5.09. The molecule has 0 bridgehead atoms. The predicted octanol–water partition coefficient (Wildman–Crippen LogP) is 2.24. The van der Waals surface area contributed by atoms with Gasteiger partial charge in [0, 0.05) is 18.2 Å². The van der Waals surface area contributed by atoms with Crippen molar-refractivity contribution in [2.24, 2.45) is 0 Å². The van der Waals surface area contributed by atoms with E-state index in [9.17, 15) is 24.2 Å². The maximum atomic E-state index is 12.1. The number of aryl methyl sites for hydroxylation is 1. The minimum absolute atomic E-state index is 0.0808. The number of phosphoric acid groups is 1. The third kappa shape index (κ3) is 7.44. The zero-order valence-electron chi connectivity index (χ0n) is 17.6. The number of nitrogens with one attached hydrogen (secondary N) is 1. The van der Waals surface area contributed by atoms with Crippen LogP contribution in [0.2, 0.25) is 0 Å². The summed E-state index contributed by atoms with van der Waals surface area (Å²) in [6.07, 6.45) is 5.31. The first-order chi connectivity index (χ1) is 14.3. The lowest BCUT2D eigenvalue weighted by molar-refractivity contribution is -0.0465. The molecule has 1 unspecified atom stereocenters. The number of unbranched alkanes of at least 4 members (excludes halogenated alkanes) is 5. The number of aliphatic hydroxyl groups is 1. The molecular weight excluding hydrogens is 415 g/mol. The number of hydrogen-bond donors (Lipinski definition) is 3. The summed E-state index contributed by atoms with van der Waals surface area (Å²) >= 11 is 0. The van der Waals surface area contributed by atoms with Crippen LogP contribution in [0.25, 0.3) is 0 Å². The predicted molar refractivity (Wildman–Crippen MR) is 110 cm³/mol. The zero-order chi connectivity index (χ0) is 22.1. The van der Waals surface area contributed by atoms with Gasteiger partial charge in [-0.1, -0.05) is 46.0 Å². The fourth-order valence-electron chi connectivity index (χ4n) is 3.30. The minimum atomic E-state index is -4.26. The lowest BCUT2D eigenvalue weighted by Gasteiger charge is -2.18. The van der Waals surface area contributed by atoms with Gasteiger partial charge >= 0.3 is 13.5 Å². The molecule has 0 spiro atoms. The van der Waals surface area contributed by atoms with Gasteiger partial charge in [0.05, 0.1) is 19.3 Å². The summed E-state index contributed by atoms with van der Waals surface area (Å²) in [4.78, 5) is 35.8. The summed E-state index contributed by atoms with van der Waals surface area (Å²) in [6.45, 7) is 3.67. The molecule has 0 saturated carbocycles. The first kappa shape index (κ1) is 25.0. The van der Waals surface area contributed by atoms with Gasteiger partial charge in [0.25, 0.3) is 5.56 Å². The lowest BCUT2D eigenvalue weighted by Crippen LogP contribution is -2.34. The van der Waals surface area contributed by atoms with E-state index in [0.717, 1.165) is 25.7 Å². The molecule has 1 aliphatic rings. The molecule has 1 aromatic heterocycles. The highest BCUT2D eigenvalue weighted by molar-refractivity contribution is 7.47. The molecule has 0 amide bonds. The first-order valence-electron chi connectivity index (χ1n) is 10.6. The zero-order valence-corrected chi connectivity index (χ0v) is 18.5. The van der Waals surface area contributed by atoms with Crippen molar-refractivity contribution >= 4 is 7.82 Å². The summed E-state index contributed by atoms with van der Waals surface area (Å²) in [7, 11) is -4.26. The molecule has 2 rings (SSSR count). The van der Waals surface area contributed by atoms with Gasteiger partial charge in [0.2, 0.25) is 0 Å². The van der Waals surface area contributed by atoms with Crippen LogP contribution in [-0.4, -0.2) is 45.0 Å². The Hall–Kier alpha value is -1.29. The van der Waals surface area contributed by atoms with Gasteiger partial charge in [0.15, 0.2) is 0 Å². The molecule has 2 heterocycles. The van der Waals surface area contributed by atoms with E-state index in [1.54, 1.807) is 6.92 Å². The number of ether oxygens (including phenoxy) is 1. The van der Waals surface area contributed by atoms with Gasteiger partial charge < -0.3 is 14.7 Å². The average molecular weight is 448 g/mol. The average Bonchev–Trinajstić information content (AvgIpc) is 3.06. The molecule has 30 heavy (non-hydrogen) atoms. The van der Waals surface area contributed by atoms with Crippen molar-refractivity contribution in [2.45, 2.75) is 83.6 Å². The monoisotopic (exact) mass is 448 g/mol. The highest BCUT2D eigenvalue weighted by atomic mass is 31.2. The number of nitrogens with zero attached hydrogens (tertiary/aromatic N) is 1. The third-order valence-corrected chi connectivity index (χ3v) is 6.08. The normalized spacial score (nSPS) is 23.5. The van der Waals surface area contributed by atoms with Crippen LogP contribution >= 0.6 is 7.82 Å². The molecule has 10 nitrogen and oxygen atoms in total. The molecule has 1 saturated heterocycles. The summed E-state index contributed by atoms with van der Waals surface area (Å²) < 4.78 is 28.8. The van der Waals surface area contributed by atoms with Crippen molar-refractivity contribution in [3.8, 4) is 0 Å². The van der Waals surface area contributed by atoms with Crippen LogP contribution in [0.4, 0.5) is 0 Å². The number of aliphatic hydroxyl groups excluding tert-OH is 1. The molecule has 0 aliphatic carbocycles. The van der Waals surface area contributed by atoms with Crippen LogP contribution in [0.3, 0.4) is 0 Å². The van der Waals surface area contributed by atoms with Crippen LogP contribution in [0.15, 0.2) is 15.8 Å². The van der Waals surface area contributed by atoms with Crippen molar-refractivity contribution in [3.63, 3.8) is 0 Å². The van der Waals surface area contributed by atoms with E-state index in [0.29, 0.717) is 18.4 Å². The van der Waals surface area contributed by atoms with Gasteiger partial charge in [-0.15, -0.1) is 0 Å². The molecule has 11 heteroatoms. The number of aromatic amines is 1. The van der Waals surface area contributed by atoms with Gasteiger partial charge in [0.1, 0.15) is 12.3 Å². The second-order valence-electron chi connectivity index (χ2n) is 7.47. The number of hydrogen-bond acceptors (Lipinski definition) is 7. The topological polar surface area (TPSA) is 140 Å². The summed E-state index contributed by atoms with van der Waals surface area (Å²) in [6, 6.07) is 0. The Kier molecular flexibility index (Phi) is 9.93. The number of aromatic nitrogens is 2. The lowest BCUT2D eigenvalue weighted by atomic mass is 10.1. The Labute approximate surface area is 175 Å². The van der Waals surface area contributed by atoms with Crippen LogP contribution in [0.1, 0.15) is 70.6 Å². The molecule has 0 aromatic carbocycles. The SMILES string of the molecule is CCCCCCCCOP(=O)(O)OC[C@H]1O[C@@H](n2cc(CC)c(=O)[nH]c2=O)C[C@@H]1O. The molecule has 4 atom stereocenters. The van der Waals surface area contributed by atoms with Gasteiger partial charge in [-0.05, 0) is 12.8 Å². The van der Waals surface area contributed by atoms with Crippen LogP contribution in [0, 0.1) is 0 Å². The highest BCUT2D eigenvalue weighted by Gasteiger charge is 2.37. The Bertz CT molecular complexity index is 823. The van der Waals surface area contributed by atoms with Crippen molar-refractivity contribution in [2.75, 3.05) is 13.2 Å². The smallest absolute Gasteiger partial charge is 0.390 e. The molecular formula is C19H33N2O8P. The molecule has 1 aromatic rings. The Morgan fingerprint density at radius 3 is 2.60 bits per heavy atom. The Balaban J connectivity index is 1.82. The van der Waals surface area contributed by atoms with Gasteiger partial charge in [-0.3, -0.25) is 23.4 Å². The Morgan fingerprint density at radius 2 is 1.90 bits per heavy atom. The number of rotatable bonds is 13. The van der Waals surface area contributed by atoms with Crippen molar-refractivity contribution in [1.29, 1.82) is 0 Å². The summed E-state index contributed by atoms with van der Waals surface area (Å²) in [5.74, 6) is 0. The number of phosphoric ester groups is 1. The van der Waals surface area contributed by atoms with E-state index >= 15 is 0 Å². The van der Waals surface area contributed by atoms with E-state index in [1.165, 1.54) is 17.2 Å². The highest BCUT2D eigenvalue weighted by Crippen LogP contribution is 2.44. The van der Waals surface area contributed by atoms with Gasteiger partial charge in [-0.2, -0.15) is 0 Å². The fraction of sp³-hybridized carbons (Fsp3) is 0.789. The molecule has 0 radical (unpaired) electrons. The maximum absolute atomic E-state index is 12.1. The van der Waals surface area contributed by atoms with E-state index in [2.05, 4.69) is 11.9 Å². The molecule has 172 valence electrons. The second kappa shape index (κ2) is 11.9. The van der Waals surface area contributed by atoms with Crippen LogP contribution < -0.4 is 11.2 Å². The molecule has 1 aliphatic heterocycles. The minimum Gasteiger partial charge on any atom is -0.390 e. The van der Waals surface area contributed by atoms with Crippen molar-refractivity contribution in [3.05, 3.63) is 32.6 Å². The van der Waals surface area contributed by atoms with E-state index in [1.807, 2.05) is 0 Å². The first-order valence-corrected chi connectivity index (χ1v) is 12.1. The molecule has 1 fully saturated rings. The van der Waals surface area contributed by atoms with Crippen molar-refractivity contribution in [1.82, 2.24) is 9.55 Å². The fourth-order valence-corrected chi connectivity index (χ4v) is 4.07. The van der Waals surface area contributed by atoms with E-state index in [4.69, 9.17) is 13.8 Å². The second-order valence-corrected chi connectivity index (χ2v) is 8.93. The summed E-state index contributed by atoms with van der Waals surface area (Å²) in [5, 5.41) is 10.2. The van der Waals surface area contributed by atoms with Crippen molar-refractivity contribution < 1.29 is 28.3 Å². The van der Waals surface area contributed by atoms with E-state index in [-0.39, 0.29) is 19.6 Å².